The lowest BCUT2D eigenvalue weighted by atomic mass is 9.95. The van der Waals surface area contributed by atoms with E-state index < -0.39 is 0 Å². The normalized spacial score (nSPS) is 11.3. The van der Waals surface area contributed by atoms with Crippen molar-refractivity contribution in [3.8, 4) is 78.4 Å². The fourth-order valence-corrected chi connectivity index (χ4v) is 12.5. The minimum absolute atomic E-state index is 0.325. The summed E-state index contributed by atoms with van der Waals surface area (Å²) in [5.41, 5.74) is 19.4. The number of para-hydroxylation sites is 4. The highest BCUT2D eigenvalue weighted by Gasteiger charge is 2.26. The van der Waals surface area contributed by atoms with Gasteiger partial charge in [-0.2, -0.15) is 0 Å². The third-order valence-electron chi connectivity index (χ3n) is 16.6. The summed E-state index contributed by atoms with van der Waals surface area (Å²) in [6.07, 6.45) is 0. The topological polar surface area (TPSA) is 16.3 Å². The number of nitrogens with zero attached hydrogens (tertiary/aromatic N) is 4. The van der Waals surface area contributed by atoms with Crippen molar-refractivity contribution in [2.45, 2.75) is 0 Å². The third-order valence-corrected chi connectivity index (χ3v) is 16.6. The van der Waals surface area contributed by atoms with E-state index in [1.54, 1.807) is 12.1 Å². The Balaban J connectivity index is 0.850. The van der Waals surface area contributed by atoms with E-state index in [1.165, 1.54) is 0 Å². The van der Waals surface area contributed by atoms with E-state index in [0.717, 1.165) is 123 Å². The molecule has 0 saturated heterocycles. The van der Waals surface area contributed by atoms with E-state index in [4.69, 9.17) is 0 Å². The van der Waals surface area contributed by atoms with Gasteiger partial charge in [-0.25, -0.2) is 8.78 Å². The maximum absolute atomic E-state index is 17.4. The van der Waals surface area contributed by atoms with E-state index in [9.17, 15) is 0 Å². The molecule has 0 aliphatic rings. The number of fused-ring (bicyclic) bond motifs is 2. The van der Waals surface area contributed by atoms with Crippen LogP contribution in [-0.4, -0.2) is 9.13 Å². The second-order valence-corrected chi connectivity index (χ2v) is 22.0. The fourth-order valence-electron chi connectivity index (χ4n) is 12.5. The molecule has 88 heavy (non-hydrogen) atoms. The number of hydrogen-bond acceptors (Lipinski definition) is 2. The molecule has 0 radical (unpaired) electrons. The number of halogens is 2. The van der Waals surface area contributed by atoms with Gasteiger partial charge in [0.05, 0.1) is 33.8 Å². The molecule has 0 aliphatic heterocycles. The van der Waals surface area contributed by atoms with Crippen molar-refractivity contribution in [3.63, 3.8) is 0 Å². The monoisotopic (exact) mass is 1130 g/mol. The maximum Gasteiger partial charge on any atom is 0.148 e. The Bertz CT molecular complexity index is 4610. The van der Waals surface area contributed by atoms with E-state index >= 15 is 8.78 Å². The molecule has 0 bridgehead atoms. The first kappa shape index (κ1) is 53.1. The molecule has 2 aromatic heterocycles. The Labute approximate surface area is 510 Å². The molecular formula is C82H56F2N4. The van der Waals surface area contributed by atoms with Crippen LogP contribution in [0.5, 0.6) is 0 Å². The molecule has 0 saturated carbocycles. The lowest BCUT2D eigenvalue weighted by molar-refractivity contribution is 0.629. The highest BCUT2D eigenvalue weighted by atomic mass is 19.1. The Hall–Kier alpha value is -11.6. The standard InChI is InChI=1S/C82H56F2N4/c83-75-51-63(57-25-9-1-10-26-57)49-73(59-29-13-3-14-30-59)81(75)85(67-33-17-5-18-34-67)71-45-41-61(42-46-71)77-53-65-55-80-66(56-79(65)87(77)69-37-21-7-22-38-69)54-78(88(80)70-39-23-8-24-40-70)62-43-47-72(48-44-62)86(68-35-19-6-20-36-68)82-74(60-31-15-4-16-32-60)50-64(52-76(82)84)58-27-11-2-12-28-58/h1-56H. The van der Waals surface area contributed by atoms with E-state index in [-0.39, 0.29) is 11.6 Å². The van der Waals surface area contributed by atoms with Gasteiger partial charge in [-0.05, 0) is 166 Å². The van der Waals surface area contributed by atoms with Gasteiger partial charge in [-0.3, -0.25) is 0 Å². The van der Waals surface area contributed by atoms with Crippen molar-refractivity contribution < 1.29 is 8.78 Å². The zero-order valence-electron chi connectivity index (χ0n) is 47.9. The van der Waals surface area contributed by atoms with Crippen molar-refractivity contribution >= 4 is 55.9 Å². The molecule has 0 N–H and O–H groups in total. The lowest BCUT2D eigenvalue weighted by Crippen LogP contribution is -2.13. The van der Waals surface area contributed by atoms with Gasteiger partial charge in [0, 0.05) is 56.0 Å². The molecule has 2 heterocycles. The smallest absolute Gasteiger partial charge is 0.148 e. The second-order valence-electron chi connectivity index (χ2n) is 22.0. The molecule has 0 amide bonds. The van der Waals surface area contributed by atoms with Crippen molar-refractivity contribution in [1.82, 2.24) is 9.13 Å². The van der Waals surface area contributed by atoms with Crippen LogP contribution in [0.25, 0.3) is 100 Å². The number of aromatic nitrogens is 2. The Kier molecular flexibility index (Phi) is 14.0. The van der Waals surface area contributed by atoms with Crippen molar-refractivity contribution in [2.75, 3.05) is 9.80 Å². The summed E-state index contributed by atoms with van der Waals surface area (Å²) in [6.45, 7) is 0. The summed E-state index contributed by atoms with van der Waals surface area (Å²) in [5, 5.41) is 2.14. The summed E-state index contributed by atoms with van der Waals surface area (Å²) in [5.74, 6) is -0.650. The van der Waals surface area contributed by atoms with E-state index in [1.807, 2.05) is 204 Å². The molecule has 0 unspecified atom stereocenters. The second kappa shape index (κ2) is 23.1. The van der Waals surface area contributed by atoms with Gasteiger partial charge in [0.2, 0.25) is 0 Å². The molecule has 0 atom stereocenters. The van der Waals surface area contributed by atoms with Crippen LogP contribution in [0.2, 0.25) is 0 Å². The minimum atomic E-state index is -0.325. The zero-order chi connectivity index (χ0) is 58.9. The number of rotatable bonds is 14. The van der Waals surface area contributed by atoms with Gasteiger partial charge < -0.3 is 18.9 Å². The maximum atomic E-state index is 17.4. The Morgan fingerprint density at radius 2 is 0.511 bits per heavy atom. The highest BCUT2D eigenvalue weighted by molar-refractivity contribution is 6.03. The number of hydrogen-bond donors (Lipinski definition) is 0. The highest BCUT2D eigenvalue weighted by Crippen LogP contribution is 2.48. The largest absolute Gasteiger partial charge is 0.309 e. The minimum Gasteiger partial charge on any atom is -0.309 e. The Morgan fingerprint density at radius 1 is 0.227 bits per heavy atom. The first-order valence-electron chi connectivity index (χ1n) is 29.6. The van der Waals surface area contributed by atoms with Crippen LogP contribution in [0.3, 0.4) is 0 Å². The first-order valence-corrected chi connectivity index (χ1v) is 29.6. The van der Waals surface area contributed by atoms with Gasteiger partial charge in [-0.1, -0.05) is 218 Å². The molecule has 4 nitrogen and oxygen atoms in total. The quantitative estimate of drug-likeness (QED) is 0.108. The fraction of sp³-hybridized carbons (Fsp3) is 0. The number of anilines is 6. The van der Waals surface area contributed by atoms with Crippen LogP contribution >= 0.6 is 0 Å². The zero-order valence-corrected chi connectivity index (χ0v) is 47.9. The van der Waals surface area contributed by atoms with Crippen LogP contribution < -0.4 is 9.80 Å². The Morgan fingerprint density at radius 3 is 0.841 bits per heavy atom. The summed E-state index contributed by atoms with van der Waals surface area (Å²) >= 11 is 0. The molecule has 0 fully saturated rings. The molecule has 15 aromatic rings. The van der Waals surface area contributed by atoms with E-state index in [2.05, 4.69) is 143 Å². The molecule has 6 heteroatoms. The van der Waals surface area contributed by atoms with Crippen LogP contribution in [0.15, 0.2) is 340 Å². The molecule has 15 rings (SSSR count). The van der Waals surface area contributed by atoms with E-state index in [0.29, 0.717) is 11.4 Å². The van der Waals surface area contributed by atoms with Crippen LogP contribution in [0.4, 0.5) is 42.9 Å². The summed E-state index contributed by atoms with van der Waals surface area (Å²) in [7, 11) is 0. The van der Waals surface area contributed by atoms with Gasteiger partial charge in [-0.15, -0.1) is 0 Å². The predicted molar refractivity (Wildman–Crippen MR) is 362 cm³/mol. The lowest BCUT2D eigenvalue weighted by Gasteiger charge is -2.29. The van der Waals surface area contributed by atoms with Crippen molar-refractivity contribution in [3.05, 3.63) is 351 Å². The third kappa shape index (κ3) is 9.98. The molecule has 0 spiro atoms. The molecule has 418 valence electrons. The SMILES string of the molecule is Fc1cc(-c2ccccc2)cc(-c2ccccc2)c1N(c1ccccc1)c1ccc(-c2cc3cc4c(cc(-c5ccc(N(c6ccccc6)c6c(F)cc(-c7ccccc7)cc6-c6ccccc6)cc5)n4-c4ccccc4)cc3n2-c2ccccc2)cc1. The molecule has 13 aromatic carbocycles. The van der Waals surface area contributed by atoms with Crippen molar-refractivity contribution in [2.24, 2.45) is 0 Å². The van der Waals surface area contributed by atoms with Crippen LogP contribution in [-0.2, 0) is 0 Å². The average molecular weight is 1140 g/mol. The van der Waals surface area contributed by atoms with Gasteiger partial charge >= 0.3 is 0 Å². The first-order chi connectivity index (χ1) is 43.5. The van der Waals surface area contributed by atoms with Crippen molar-refractivity contribution in [1.29, 1.82) is 0 Å². The predicted octanol–water partition coefficient (Wildman–Crippen LogP) is 22.8. The molecule has 0 aliphatic carbocycles. The molecular weight excluding hydrogens is 1080 g/mol. The van der Waals surface area contributed by atoms with Crippen LogP contribution in [0, 0.1) is 11.6 Å². The van der Waals surface area contributed by atoms with Crippen LogP contribution in [0.1, 0.15) is 0 Å². The summed E-state index contributed by atoms with van der Waals surface area (Å²) in [6, 6.07) is 115. The van der Waals surface area contributed by atoms with Gasteiger partial charge in [0.1, 0.15) is 11.6 Å². The summed E-state index contributed by atoms with van der Waals surface area (Å²) < 4.78 is 39.5. The van der Waals surface area contributed by atoms with Gasteiger partial charge in [0.25, 0.3) is 0 Å². The number of benzene rings is 13. The average Bonchev–Trinajstić information content (AvgIpc) is 1.74. The summed E-state index contributed by atoms with van der Waals surface area (Å²) in [4.78, 5) is 4.07. The van der Waals surface area contributed by atoms with Gasteiger partial charge in [0.15, 0.2) is 0 Å².